The number of thioether (sulfide) groups is 1. The molecule has 0 saturated carbocycles. The molecule has 1 saturated heterocycles. The molecule has 1 aromatic carbocycles. The number of nitrogens with one attached hydrogen (secondary N) is 3. The lowest BCUT2D eigenvalue weighted by molar-refractivity contribution is -0.138. The van der Waals surface area contributed by atoms with Gasteiger partial charge < -0.3 is 16.0 Å². The molecule has 0 aromatic heterocycles. The van der Waals surface area contributed by atoms with E-state index in [0.29, 0.717) is 11.6 Å². The summed E-state index contributed by atoms with van der Waals surface area (Å²) in [5, 5.41) is 7.58. The zero-order valence-electron chi connectivity index (χ0n) is 28.0. The summed E-state index contributed by atoms with van der Waals surface area (Å²) in [5.74, 6) is -0.288. The molecule has 1 aliphatic heterocycles. The van der Waals surface area contributed by atoms with Crippen molar-refractivity contribution >= 4 is 47.0 Å². The summed E-state index contributed by atoms with van der Waals surface area (Å²) in [5.41, 5.74) is 1.93. The molecule has 0 bridgehead atoms. The summed E-state index contributed by atoms with van der Waals surface area (Å²) in [6.45, 7) is 7.86. The fourth-order valence-electron chi connectivity index (χ4n) is 5.46. The Hall–Kier alpha value is -2.88. The molecular formula is C35H56N4O5S. The van der Waals surface area contributed by atoms with Crippen molar-refractivity contribution in [2.45, 2.75) is 129 Å². The lowest BCUT2D eigenvalue weighted by atomic mass is 9.89. The minimum Gasteiger partial charge on any atom is -0.347 e. The summed E-state index contributed by atoms with van der Waals surface area (Å²) >= 11 is 1.51. The summed E-state index contributed by atoms with van der Waals surface area (Å²) in [7, 11) is 0. The van der Waals surface area contributed by atoms with Gasteiger partial charge in [-0.25, -0.2) is 0 Å². The van der Waals surface area contributed by atoms with Gasteiger partial charge in [-0.05, 0) is 49.1 Å². The molecule has 0 radical (unpaired) electrons. The number of rotatable bonds is 23. The van der Waals surface area contributed by atoms with Crippen LogP contribution in [0.25, 0.3) is 0 Å². The Bertz CT molecular complexity index is 1070. The van der Waals surface area contributed by atoms with Crippen molar-refractivity contribution < 1.29 is 24.0 Å². The van der Waals surface area contributed by atoms with Crippen molar-refractivity contribution in [1.29, 1.82) is 0 Å². The van der Waals surface area contributed by atoms with Gasteiger partial charge in [0, 0.05) is 25.1 Å². The van der Waals surface area contributed by atoms with E-state index < -0.39 is 17.9 Å². The first-order chi connectivity index (χ1) is 21.7. The molecule has 2 atom stereocenters. The van der Waals surface area contributed by atoms with Crippen molar-refractivity contribution in [3.8, 4) is 0 Å². The van der Waals surface area contributed by atoms with E-state index >= 15 is 0 Å². The molecule has 0 spiro atoms. The lowest BCUT2D eigenvalue weighted by Gasteiger charge is -2.18. The van der Waals surface area contributed by atoms with Gasteiger partial charge in [-0.3, -0.25) is 28.9 Å². The van der Waals surface area contributed by atoms with Crippen LogP contribution in [0.3, 0.4) is 0 Å². The van der Waals surface area contributed by atoms with E-state index in [0.717, 1.165) is 36.3 Å². The van der Waals surface area contributed by atoms with Gasteiger partial charge in [-0.1, -0.05) is 97.1 Å². The predicted molar refractivity (Wildman–Crippen MR) is 183 cm³/mol. The van der Waals surface area contributed by atoms with Gasteiger partial charge in [0.1, 0.15) is 6.04 Å². The molecule has 10 heteroatoms. The molecule has 9 nitrogen and oxygen atoms in total. The van der Waals surface area contributed by atoms with Crippen LogP contribution in [0.5, 0.6) is 0 Å². The number of hydrogen-bond acceptors (Lipinski definition) is 6. The zero-order chi connectivity index (χ0) is 33.0. The van der Waals surface area contributed by atoms with Gasteiger partial charge >= 0.3 is 0 Å². The van der Waals surface area contributed by atoms with Gasteiger partial charge in [-0.2, -0.15) is 0 Å². The molecule has 1 aromatic rings. The molecule has 1 unspecified atom stereocenters. The Morgan fingerprint density at radius 2 is 1.51 bits per heavy atom. The number of benzene rings is 1. The average Bonchev–Trinajstić information content (AvgIpc) is 3.29. The molecule has 5 amide bonds. The minimum absolute atomic E-state index is 0.00684. The Morgan fingerprint density at radius 3 is 2.13 bits per heavy atom. The fraction of sp³-hybridized carbons (Fsp3) is 0.686. The summed E-state index contributed by atoms with van der Waals surface area (Å²) < 4.78 is 0. The lowest BCUT2D eigenvalue weighted by Crippen LogP contribution is -2.46. The van der Waals surface area contributed by atoms with E-state index in [1.54, 1.807) is 6.92 Å². The highest BCUT2D eigenvalue weighted by Gasteiger charge is 2.38. The number of unbranched alkanes of at least 4 members (excludes halogenated alkanes) is 6. The highest BCUT2D eigenvalue weighted by molar-refractivity contribution is 8.00. The first-order valence-electron chi connectivity index (χ1n) is 17.1. The monoisotopic (exact) mass is 644 g/mol. The topological polar surface area (TPSA) is 125 Å². The standard InChI is InChI=1S/C35H56N4O5S/c1-5-8-11-14-27(15-12-9-6-2)23-28-16-18-29(19-17-28)38-34(43)26(4)37-32(41)25-36-31(40)20-21-39-33(42)24-30(35(39)44)45-22-13-10-7-3/h16-19,26-27,30H,5-15,20-25H2,1-4H3,(H,36,40)(H,37,41)(H,38,43)/t26-,30?/m0/s1. The smallest absolute Gasteiger partial charge is 0.246 e. The van der Waals surface area contributed by atoms with Crippen molar-refractivity contribution in [3.05, 3.63) is 29.8 Å². The van der Waals surface area contributed by atoms with Gasteiger partial charge in [0.05, 0.1) is 11.8 Å². The molecule has 1 aliphatic rings. The van der Waals surface area contributed by atoms with Crippen LogP contribution in [0.4, 0.5) is 5.69 Å². The average molecular weight is 645 g/mol. The van der Waals surface area contributed by atoms with E-state index in [1.165, 1.54) is 68.7 Å². The second-order valence-corrected chi connectivity index (χ2v) is 13.5. The molecule has 252 valence electrons. The van der Waals surface area contributed by atoms with E-state index in [2.05, 4.69) is 48.9 Å². The number of nitrogens with zero attached hydrogens (tertiary/aromatic N) is 1. The number of anilines is 1. The summed E-state index contributed by atoms with van der Waals surface area (Å²) in [6.07, 6.45) is 14.4. The zero-order valence-corrected chi connectivity index (χ0v) is 28.8. The van der Waals surface area contributed by atoms with Gasteiger partial charge in [-0.15, -0.1) is 11.8 Å². The second kappa shape index (κ2) is 21.8. The predicted octanol–water partition coefficient (Wildman–Crippen LogP) is 6.01. The fourth-order valence-corrected chi connectivity index (χ4v) is 6.64. The maximum Gasteiger partial charge on any atom is 0.246 e. The summed E-state index contributed by atoms with van der Waals surface area (Å²) in [4.78, 5) is 63.4. The highest BCUT2D eigenvalue weighted by atomic mass is 32.2. The molecule has 0 aliphatic carbocycles. The van der Waals surface area contributed by atoms with Gasteiger partial charge in [0.25, 0.3) is 0 Å². The third kappa shape index (κ3) is 14.8. The maximum atomic E-state index is 12.7. The molecule has 45 heavy (non-hydrogen) atoms. The molecule has 3 N–H and O–H groups in total. The van der Waals surface area contributed by atoms with Crippen LogP contribution < -0.4 is 16.0 Å². The third-order valence-electron chi connectivity index (χ3n) is 8.23. The SMILES string of the molecule is CCCCCSC1CC(=O)N(CCC(=O)NCC(=O)N[C@@H](C)C(=O)Nc2ccc(CC(CCCCC)CCCCC)cc2)C1=O. The van der Waals surface area contributed by atoms with Crippen molar-refractivity contribution in [3.63, 3.8) is 0 Å². The number of carbonyl (C=O) groups excluding carboxylic acids is 5. The Balaban J connectivity index is 1.71. The van der Waals surface area contributed by atoms with Crippen molar-refractivity contribution in [2.75, 3.05) is 24.2 Å². The first-order valence-corrected chi connectivity index (χ1v) is 18.1. The van der Waals surface area contributed by atoms with E-state index in [-0.39, 0.29) is 48.9 Å². The van der Waals surface area contributed by atoms with E-state index in [1.807, 2.05) is 12.1 Å². The van der Waals surface area contributed by atoms with E-state index in [4.69, 9.17) is 0 Å². The van der Waals surface area contributed by atoms with Gasteiger partial charge in [0.15, 0.2) is 0 Å². The first kappa shape index (κ1) is 38.3. The van der Waals surface area contributed by atoms with Crippen LogP contribution in [-0.2, 0) is 30.4 Å². The van der Waals surface area contributed by atoms with Crippen molar-refractivity contribution in [2.24, 2.45) is 5.92 Å². The number of likely N-dealkylation sites (tertiary alicyclic amines) is 1. The Labute approximate surface area is 274 Å². The normalized spacial score (nSPS) is 15.4. The van der Waals surface area contributed by atoms with E-state index in [9.17, 15) is 24.0 Å². The van der Waals surface area contributed by atoms with Crippen LogP contribution in [0.2, 0.25) is 0 Å². The molecule has 2 rings (SSSR count). The van der Waals surface area contributed by atoms with Crippen LogP contribution in [0.15, 0.2) is 24.3 Å². The maximum absolute atomic E-state index is 12.7. The van der Waals surface area contributed by atoms with Crippen LogP contribution >= 0.6 is 11.8 Å². The summed E-state index contributed by atoms with van der Waals surface area (Å²) in [6, 6.07) is 7.14. The highest BCUT2D eigenvalue weighted by Crippen LogP contribution is 2.26. The number of hydrogen-bond donors (Lipinski definition) is 3. The van der Waals surface area contributed by atoms with Crippen LogP contribution in [0, 0.1) is 5.92 Å². The quantitative estimate of drug-likeness (QED) is 0.0991. The minimum atomic E-state index is -0.804. The Kier molecular flexibility index (Phi) is 18.5. The second-order valence-electron chi connectivity index (χ2n) is 12.2. The van der Waals surface area contributed by atoms with Gasteiger partial charge in [0.2, 0.25) is 29.5 Å². The number of imide groups is 1. The Morgan fingerprint density at radius 1 is 0.889 bits per heavy atom. The molecule has 1 fully saturated rings. The molecule has 1 heterocycles. The van der Waals surface area contributed by atoms with Crippen LogP contribution in [-0.4, -0.2) is 64.6 Å². The van der Waals surface area contributed by atoms with Crippen LogP contribution in [0.1, 0.15) is 117 Å². The largest absolute Gasteiger partial charge is 0.347 e. The number of carbonyl (C=O) groups is 5. The van der Waals surface area contributed by atoms with Crippen molar-refractivity contribution in [1.82, 2.24) is 15.5 Å². The third-order valence-corrected chi connectivity index (χ3v) is 9.52. The number of amides is 5. The molecular weight excluding hydrogens is 588 g/mol.